The third-order valence-corrected chi connectivity index (χ3v) is 6.54. The van der Waals surface area contributed by atoms with Crippen LogP contribution in [0.25, 0.3) is 0 Å². The van der Waals surface area contributed by atoms with Gasteiger partial charge in [-0.1, -0.05) is 11.3 Å². The Labute approximate surface area is 116 Å². The van der Waals surface area contributed by atoms with Gasteiger partial charge < -0.3 is 15.2 Å². The molecule has 7 nitrogen and oxygen atoms in total. The van der Waals surface area contributed by atoms with Gasteiger partial charge in [0.2, 0.25) is 0 Å². The molecule has 1 aromatic rings. The van der Waals surface area contributed by atoms with Gasteiger partial charge in [0.1, 0.15) is 0 Å². The molecule has 1 aliphatic rings. The van der Waals surface area contributed by atoms with Crippen LogP contribution >= 0.6 is 11.3 Å². The maximum atomic E-state index is 12.5. The summed E-state index contributed by atoms with van der Waals surface area (Å²) in [4.78, 5) is 3.96. The van der Waals surface area contributed by atoms with E-state index >= 15 is 0 Å². The fraction of sp³-hybridized carbons (Fsp3) is 0.700. The molecule has 19 heavy (non-hydrogen) atoms. The maximum absolute atomic E-state index is 12.5. The fourth-order valence-corrected chi connectivity index (χ4v) is 5.02. The first-order chi connectivity index (χ1) is 8.90. The zero-order valence-electron chi connectivity index (χ0n) is 11.0. The molecule has 2 rings (SSSR count). The molecule has 0 spiro atoms. The summed E-state index contributed by atoms with van der Waals surface area (Å²) in [5.41, 5.74) is 5.98. The molecule has 108 valence electrons. The number of ether oxygens (including phenoxy) is 2. The Morgan fingerprint density at radius 1 is 1.32 bits per heavy atom. The van der Waals surface area contributed by atoms with Crippen LogP contribution in [-0.4, -0.2) is 57.2 Å². The largest absolute Gasteiger partial charge is 0.377 e. The second kappa shape index (κ2) is 5.33. The summed E-state index contributed by atoms with van der Waals surface area (Å²) in [7, 11) is -0.496. The molecule has 2 unspecified atom stereocenters. The zero-order valence-corrected chi connectivity index (χ0v) is 12.6. The second-order valence-corrected chi connectivity index (χ2v) is 7.46. The van der Waals surface area contributed by atoms with Gasteiger partial charge in [-0.3, -0.25) is 0 Å². The van der Waals surface area contributed by atoms with Crippen LogP contribution in [0.2, 0.25) is 0 Å². The number of methoxy groups -OCH3 is 2. The Morgan fingerprint density at radius 3 is 2.21 bits per heavy atom. The Balaban J connectivity index is 2.29. The van der Waals surface area contributed by atoms with Gasteiger partial charge in [0, 0.05) is 27.3 Å². The predicted octanol–water partition coefficient (Wildman–Crippen LogP) is 0.0680. The van der Waals surface area contributed by atoms with Gasteiger partial charge in [0.05, 0.1) is 17.9 Å². The molecule has 0 aromatic carbocycles. The van der Waals surface area contributed by atoms with E-state index in [0.717, 1.165) is 11.3 Å². The molecular weight excluding hydrogens is 290 g/mol. The van der Waals surface area contributed by atoms with Crippen LogP contribution in [0.1, 0.15) is 5.69 Å². The molecule has 0 amide bonds. The van der Waals surface area contributed by atoms with Crippen molar-refractivity contribution in [1.29, 1.82) is 0 Å². The van der Waals surface area contributed by atoms with Crippen LogP contribution in [0.5, 0.6) is 0 Å². The first kappa shape index (κ1) is 14.7. The minimum absolute atomic E-state index is 0.191. The molecule has 2 heterocycles. The molecule has 0 aliphatic carbocycles. The number of anilines is 1. The van der Waals surface area contributed by atoms with Crippen LogP contribution in [-0.2, 0) is 19.5 Å². The van der Waals surface area contributed by atoms with Gasteiger partial charge in [-0.25, -0.2) is 13.4 Å². The normalized spacial score (nSPS) is 25.0. The van der Waals surface area contributed by atoms with Gasteiger partial charge in [0.15, 0.2) is 9.34 Å². The standard InChI is InChI=1S/C10H17N3O4S2/c1-6-9(18-10(11)12-6)19(14,15)13-4-7(16-2)8(5-13)17-3/h7-8H,4-5H2,1-3H3,(H2,11,12). The van der Waals surface area contributed by atoms with Crippen molar-refractivity contribution in [2.45, 2.75) is 23.3 Å². The van der Waals surface area contributed by atoms with Crippen molar-refractivity contribution in [3.63, 3.8) is 0 Å². The lowest BCUT2D eigenvalue weighted by molar-refractivity contribution is -0.00461. The lowest BCUT2D eigenvalue weighted by Crippen LogP contribution is -2.30. The van der Waals surface area contributed by atoms with Crippen molar-refractivity contribution >= 4 is 26.5 Å². The van der Waals surface area contributed by atoms with Gasteiger partial charge in [-0.15, -0.1) is 0 Å². The van der Waals surface area contributed by atoms with E-state index in [-0.39, 0.29) is 34.6 Å². The number of aromatic nitrogens is 1. The minimum Gasteiger partial charge on any atom is -0.377 e. The summed E-state index contributed by atoms with van der Waals surface area (Å²) in [6.45, 7) is 2.18. The van der Waals surface area contributed by atoms with Crippen molar-refractivity contribution in [1.82, 2.24) is 9.29 Å². The number of hydrogen-bond donors (Lipinski definition) is 1. The summed E-state index contributed by atoms with van der Waals surface area (Å²) in [5.74, 6) is 0. The maximum Gasteiger partial charge on any atom is 0.254 e. The number of aryl methyl sites for hydroxylation is 1. The highest BCUT2D eigenvalue weighted by atomic mass is 32.2. The van der Waals surface area contributed by atoms with Crippen molar-refractivity contribution in [3.8, 4) is 0 Å². The Kier molecular flexibility index (Phi) is 4.11. The second-order valence-electron chi connectivity index (χ2n) is 4.30. The summed E-state index contributed by atoms with van der Waals surface area (Å²) in [5, 5.41) is 0.252. The highest BCUT2D eigenvalue weighted by molar-refractivity contribution is 7.91. The Morgan fingerprint density at radius 2 is 1.84 bits per heavy atom. The van der Waals surface area contributed by atoms with Crippen LogP contribution in [0.15, 0.2) is 4.21 Å². The number of hydrogen-bond acceptors (Lipinski definition) is 7. The highest BCUT2D eigenvalue weighted by Crippen LogP contribution is 2.30. The van der Waals surface area contributed by atoms with Crippen molar-refractivity contribution in [2.24, 2.45) is 0 Å². The summed E-state index contributed by atoms with van der Waals surface area (Å²) >= 11 is 0.981. The number of thiazole rings is 1. The molecular formula is C10H17N3O4S2. The van der Waals surface area contributed by atoms with Crippen molar-refractivity contribution < 1.29 is 17.9 Å². The predicted molar refractivity (Wildman–Crippen MR) is 71.6 cm³/mol. The number of sulfonamides is 1. The average Bonchev–Trinajstić information content (AvgIpc) is 2.92. The third kappa shape index (κ3) is 2.61. The van der Waals surface area contributed by atoms with Gasteiger partial charge >= 0.3 is 0 Å². The van der Waals surface area contributed by atoms with E-state index in [9.17, 15) is 8.42 Å². The molecule has 2 N–H and O–H groups in total. The lowest BCUT2D eigenvalue weighted by Gasteiger charge is -2.14. The Bertz CT molecular complexity index is 545. The van der Waals surface area contributed by atoms with E-state index in [4.69, 9.17) is 15.2 Å². The van der Waals surface area contributed by atoms with Crippen LogP contribution < -0.4 is 5.73 Å². The topological polar surface area (TPSA) is 94.8 Å². The molecule has 1 fully saturated rings. The average molecular weight is 307 g/mol. The van der Waals surface area contributed by atoms with E-state index in [1.165, 1.54) is 4.31 Å². The summed E-state index contributed by atoms with van der Waals surface area (Å²) in [6.07, 6.45) is -0.518. The molecule has 0 bridgehead atoms. The minimum atomic E-state index is -3.59. The number of nitrogens with two attached hydrogens (primary N) is 1. The first-order valence-electron chi connectivity index (χ1n) is 5.68. The van der Waals surface area contributed by atoms with Gasteiger partial charge in [-0.2, -0.15) is 4.31 Å². The first-order valence-corrected chi connectivity index (χ1v) is 7.94. The monoisotopic (exact) mass is 307 g/mol. The van der Waals surface area contributed by atoms with E-state index in [1.807, 2.05) is 0 Å². The van der Waals surface area contributed by atoms with Crippen molar-refractivity contribution in [2.75, 3.05) is 33.0 Å². The molecule has 0 radical (unpaired) electrons. The number of rotatable bonds is 4. The van der Waals surface area contributed by atoms with E-state index < -0.39 is 10.0 Å². The third-order valence-electron chi connectivity index (χ3n) is 3.13. The molecule has 9 heteroatoms. The van der Waals surface area contributed by atoms with Crippen LogP contribution in [0.3, 0.4) is 0 Å². The quantitative estimate of drug-likeness (QED) is 0.846. The van der Waals surface area contributed by atoms with Gasteiger partial charge in [-0.05, 0) is 6.92 Å². The molecule has 1 aliphatic heterocycles. The molecule has 1 aromatic heterocycles. The van der Waals surface area contributed by atoms with Crippen molar-refractivity contribution in [3.05, 3.63) is 5.69 Å². The Hall–Kier alpha value is -0.740. The fourth-order valence-electron chi connectivity index (χ4n) is 2.12. The summed E-state index contributed by atoms with van der Waals surface area (Å²) in [6, 6.07) is 0. The van der Waals surface area contributed by atoms with Gasteiger partial charge in [0.25, 0.3) is 10.0 Å². The lowest BCUT2D eigenvalue weighted by atomic mass is 10.3. The van der Waals surface area contributed by atoms with E-state index in [2.05, 4.69) is 4.98 Å². The molecule has 0 saturated carbocycles. The molecule has 1 saturated heterocycles. The number of nitrogen functional groups attached to an aromatic ring is 1. The zero-order chi connectivity index (χ0) is 14.2. The van der Waals surface area contributed by atoms with E-state index in [0.29, 0.717) is 5.69 Å². The molecule has 2 atom stereocenters. The smallest absolute Gasteiger partial charge is 0.254 e. The number of nitrogens with zero attached hydrogens (tertiary/aromatic N) is 2. The highest BCUT2D eigenvalue weighted by Gasteiger charge is 2.41. The summed E-state index contributed by atoms with van der Waals surface area (Å²) < 4.78 is 37.1. The SMILES string of the molecule is COC1CN(S(=O)(=O)c2sc(N)nc2C)CC1OC. The van der Waals surface area contributed by atoms with Crippen LogP contribution in [0, 0.1) is 6.92 Å². The van der Waals surface area contributed by atoms with Crippen LogP contribution in [0.4, 0.5) is 5.13 Å². The van der Waals surface area contributed by atoms with E-state index in [1.54, 1.807) is 21.1 Å².